The van der Waals surface area contributed by atoms with E-state index >= 15 is 0 Å². The van der Waals surface area contributed by atoms with Gasteiger partial charge in [0.1, 0.15) is 5.69 Å². The number of carbonyl (C=O) groups excluding carboxylic acids is 2. The highest BCUT2D eigenvalue weighted by Crippen LogP contribution is 2.30. The highest BCUT2D eigenvalue weighted by Gasteiger charge is 2.29. The first-order valence-electron chi connectivity index (χ1n) is 7.86. The number of nitro benzene ring substituents is 1. The fourth-order valence-electron chi connectivity index (χ4n) is 2.62. The summed E-state index contributed by atoms with van der Waals surface area (Å²) in [4.78, 5) is 37.8. The minimum atomic E-state index is -0.652. The van der Waals surface area contributed by atoms with Crippen LogP contribution in [0.15, 0.2) is 18.2 Å². The van der Waals surface area contributed by atoms with E-state index in [1.807, 2.05) is 6.07 Å². The number of benzene rings is 1. The molecule has 1 heterocycles. The number of carbonyl (C=O) groups is 2. The number of nitriles is 1. The third-order valence-corrected chi connectivity index (χ3v) is 3.82. The highest BCUT2D eigenvalue weighted by molar-refractivity contribution is 6.35. The molecule has 1 saturated heterocycles. The zero-order valence-corrected chi connectivity index (χ0v) is 14.1. The molecule has 9 heteroatoms. The maximum atomic E-state index is 12.1. The summed E-state index contributed by atoms with van der Waals surface area (Å²) in [6, 6.07) is 6.02. The fraction of sp³-hybridized carbons (Fsp3) is 0.438. The normalized spacial score (nSPS) is 14.2. The van der Waals surface area contributed by atoms with Gasteiger partial charge in [-0.25, -0.2) is 0 Å². The third kappa shape index (κ3) is 4.23. The van der Waals surface area contributed by atoms with Gasteiger partial charge < -0.3 is 15.1 Å². The van der Waals surface area contributed by atoms with Gasteiger partial charge in [0, 0.05) is 38.3 Å². The van der Waals surface area contributed by atoms with E-state index in [-0.39, 0.29) is 24.8 Å². The van der Waals surface area contributed by atoms with Crippen molar-refractivity contribution in [2.24, 2.45) is 0 Å². The van der Waals surface area contributed by atoms with Crippen molar-refractivity contribution in [2.45, 2.75) is 19.9 Å². The Hall–Kier alpha value is -3.15. The number of nitro groups is 1. The van der Waals surface area contributed by atoms with E-state index in [2.05, 4.69) is 5.32 Å². The van der Waals surface area contributed by atoms with E-state index in [9.17, 15) is 19.7 Å². The lowest BCUT2D eigenvalue weighted by atomic mass is 10.1. The summed E-state index contributed by atoms with van der Waals surface area (Å²) >= 11 is 0. The van der Waals surface area contributed by atoms with Crippen LogP contribution in [0.5, 0.6) is 0 Å². The van der Waals surface area contributed by atoms with Crippen LogP contribution in [0.2, 0.25) is 0 Å². The maximum Gasteiger partial charge on any atom is 0.312 e. The smallest absolute Gasteiger partial charge is 0.312 e. The molecule has 1 N–H and O–H groups in total. The molecule has 2 amide bonds. The van der Waals surface area contributed by atoms with Crippen molar-refractivity contribution >= 4 is 23.2 Å². The van der Waals surface area contributed by atoms with Gasteiger partial charge in [-0.2, -0.15) is 5.26 Å². The Balaban J connectivity index is 2.10. The van der Waals surface area contributed by atoms with Crippen LogP contribution >= 0.6 is 0 Å². The largest absolute Gasteiger partial charge is 0.362 e. The van der Waals surface area contributed by atoms with E-state index < -0.39 is 16.7 Å². The van der Waals surface area contributed by atoms with E-state index in [0.717, 1.165) is 0 Å². The number of amides is 2. The van der Waals surface area contributed by atoms with Crippen LogP contribution in [0.4, 0.5) is 11.4 Å². The molecule has 9 nitrogen and oxygen atoms in total. The van der Waals surface area contributed by atoms with Gasteiger partial charge in [-0.3, -0.25) is 19.7 Å². The number of hydrogen-bond acceptors (Lipinski definition) is 6. The summed E-state index contributed by atoms with van der Waals surface area (Å²) in [7, 11) is 0. The molecule has 1 aromatic rings. The minimum Gasteiger partial charge on any atom is -0.362 e. The van der Waals surface area contributed by atoms with Gasteiger partial charge in [0.25, 0.3) is 5.69 Å². The first kappa shape index (κ1) is 18.2. The molecule has 2 rings (SSSR count). The highest BCUT2D eigenvalue weighted by atomic mass is 16.6. The molecule has 1 fully saturated rings. The van der Waals surface area contributed by atoms with Gasteiger partial charge in [-0.1, -0.05) is 0 Å². The zero-order chi connectivity index (χ0) is 18.6. The molecule has 0 atom stereocenters. The molecular weight excluding hydrogens is 326 g/mol. The molecule has 1 aliphatic rings. The topological polar surface area (TPSA) is 120 Å². The van der Waals surface area contributed by atoms with Crippen molar-refractivity contribution in [2.75, 3.05) is 31.1 Å². The second kappa shape index (κ2) is 7.61. The van der Waals surface area contributed by atoms with Crippen LogP contribution in [0.3, 0.4) is 0 Å². The van der Waals surface area contributed by atoms with Crippen molar-refractivity contribution in [1.29, 1.82) is 5.26 Å². The summed E-state index contributed by atoms with van der Waals surface area (Å²) in [6.45, 7) is 4.78. The Bertz CT molecular complexity index is 733. The van der Waals surface area contributed by atoms with Crippen LogP contribution in [-0.4, -0.2) is 53.9 Å². The van der Waals surface area contributed by atoms with Crippen LogP contribution in [-0.2, 0) is 9.59 Å². The molecule has 0 aliphatic carbocycles. The Morgan fingerprint density at radius 2 is 1.92 bits per heavy atom. The lowest BCUT2D eigenvalue weighted by Gasteiger charge is -2.35. The van der Waals surface area contributed by atoms with Crippen LogP contribution in [0.1, 0.15) is 19.4 Å². The summed E-state index contributed by atoms with van der Waals surface area (Å²) in [5, 5.41) is 22.8. The monoisotopic (exact) mass is 345 g/mol. The number of nitrogens with zero attached hydrogens (tertiary/aromatic N) is 4. The van der Waals surface area contributed by atoms with Crippen molar-refractivity contribution < 1.29 is 14.5 Å². The summed E-state index contributed by atoms with van der Waals surface area (Å²) in [5.74, 6) is -1.26. The Kier molecular flexibility index (Phi) is 5.54. The summed E-state index contributed by atoms with van der Waals surface area (Å²) in [5.41, 5.74) is 0.592. The Labute approximate surface area is 145 Å². The quantitative estimate of drug-likeness (QED) is 0.488. The molecule has 0 spiro atoms. The fourth-order valence-corrected chi connectivity index (χ4v) is 2.62. The van der Waals surface area contributed by atoms with Crippen molar-refractivity contribution in [3.05, 3.63) is 33.9 Å². The van der Waals surface area contributed by atoms with Gasteiger partial charge in [0.15, 0.2) is 0 Å². The van der Waals surface area contributed by atoms with Gasteiger partial charge in [-0.15, -0.1) is 0 Å². The SMILES string of the molecule is CC(C)NC(=O)C(=O)N1CCN(c2cc(C#N)ccc2[N+](=O)[O-])CC1. The number of anilines is 1. The van der Waals surface area contributed by atoms with Gasteiger partial charge in [0.05, 0.1) is 16.6 Å². The lowest BCUT2D eigenvalue weighted by Crippen LogP contribution is -2.53. The van der Waals surface area contributed by atoms with Crippen molar-refractivity contribution in [1.82, 2.24) is 10.2 Å². The van der Waals surface area contributed by atoms with E-state index in [1.165, 1.54) is 23.1 Å². The minimum absolute atomic E-state index is 0.0867. The van der Waals surface area contributed by atoms with Crippen molar-refractivity contribution in [3.63, 3.8) is 0 Å². The average molecular weight is 345 g/mol. The molecule has 0 aromatic heterocycles. The first-order chi connectivity index (χ1) is 11.8. The molecule has 25 heavy (non-hydrogen) atoms. The summed E-state index contributed by atoms with van der Waals surface area (Å²) in [6.07, 6.45) is 0. The molecule has 0 saturated carbocycles. The number of rotatable bonds is 3. The van der Waals surface area contributed by atoms with Gasteiger partial charge in [0.2, 0.25) is 0 Å². The van der Waals surface area contributed by atoms with E-state index in [1.54, 1.807) is 18.7 Å². The predicted molar refractivity (Wildman–Crippen MR) is 89.9 cm³/mol. The predicted octanol–water partition coefficient (Wildman–Crippen LogP) is 0.640. The van der Waals surface area contributed by atoms with Crippen molar-refractivity contribution in [3.8, 4) is 6.07 Å². The Morgan fingerprint density at radius 1 is 1.28 bits per heavy atom. The maximum absolute atomic E-state index is 12.1. The van der Waals surface area contributed by atoms with Gasteiger partial charge >= 0.3 is 11.8 Å². The van der Waals surface area contributed by atoms with Crippen LogP contribution < -0.4 is 10.2 Å². The van der Waals surface area contributed by atoms with E-state index in [0.29, 0.717) is 24.3 Å². The van der Waals surface area contributed by atoms with E-state index in [4.69, 9.17) is 5.26 Å². The molecule has 0 radical (unpaired) electrons. The average Bonchev–Trinajstić information content (AvgIpc) is 2.60. The number of nitrogens with one attached hydrogen (secondary N) is 1. The molecule has 0 bridgehead atoms. The lowest BCUT2D eigenvalue weighted by molar-refractivity contribution is -0.384. The van der Waals surface area contributed by atoms with Gasteiger partial charge in [-0.05, 0) is 26.0 Å². The second-order valence-corrected chi connectivity index (χ2v) is 5.98. The molecule has 1 aliphatic heterocycles. The molecule has 0 unspecified atom stereocenters. The first-order valence-corrected chi connectivity index (χ1v) is 7.86. The molecule has 132 valence electrons. The standard InChI is InChI=1S/C16H19N5O4/c1-11(2)18-15(22)16(23)20-7-5-19(6-8-20)14-9-12(10-17)3-4-13(14)21(24)25/h3-4,9,11H,5-8H2,1-2H3,(H,18,22). The zero-order valence-electron chi connectivity index (χ0n) is 14.1. The molecule has 1 aromatic carbocycles. The third-order valence-electron chi connectivity index (χ3n) is 3.82. The number of hydrogen-bond donors (Lipinski definition) is 1. The number of piperazine rings is 1. The van der Waals surface area contributed by atoms with Crippen LogP contribution in [0, 0.1) is 21.4 Å². The summed E-state index contributed by atoms with van der Waals surface area (Å²) < 4.78 is 0. The molecular formula is C16H19N5O4. The Morgan fingerprint density at radius 3 is 2.44 bits per heavy atom. The second-order valence-electron chi connectivity index (χ2n) is 5.98. The van der Waals surface area contributed by atoms with Crippen LogP contribution in [0.25, 0.3) is 0 Å².